The largest absolute Gasteiger partial charge is 0.439 e. The van der Waals surface area contributed by atoms with Gasteiger partial charge in [0.1, 0.15) is 5.82 Å². The van der Waals surface area contributed by atoms with E-state index < -0.39 is 15.7 Å². The number of rotatable bonds is 4. The molecule has 1 amide bonds. The number of nitrogens with one attached hydrogen (secondary N) is 1. The van der Waals surface area contributed by atoms with Crippen LogP contribution in [0.5, 0.6) is 0 Å². The number of pyridine rings is 1. The van der Waals surface area contributed by atoms with Gasteiger partial charge in [0.05, 0.1) is 4.90 Å². The lowest BCUT2D eigenvalue weighted by molar-refractivity contribution is 0.0991. The lowest BCUT2D eigenvalue weighted by atomic mass is 10.2. The van der Waals surface area contributed by atoms with Crippen molar-refractivity contribution in [2.24, 2.45) is 0 Å². The second kappa shape index (κ2) is 6.29. The summed E-state index contributed by atoms with van der Waals surface area (Å²) in [6, 6.07) is 14.0. The number of aryl methyl sites for hydroxylation is 1. The monoisotopic (exact) mass is 342 g/mol. The first-order valence-corrected chi connectivity index (χ1v) is 8.59. The number of carbonyl (C=O) groups excluding carboxylic acids is 1. The topological polar surface area (TPSA) is 89.3 Å². The van der Waals surface area contributed by atoms with Crippen LogP contribution < -0.4 is 5.32 Å². The third kappa shape index (κ3) is 3.21. The minimum Gasteiger partial charge on any atom is -0.439 e. The molecule has 2 aromatic heterocycles. The van der Waals surface area contributed by atoms with Gasteiger partial charge in [-0.05, 0) is 43.3 Å². The fraction of sp³-hybridized carbons (Fsp3) is 0.0588. The molecule has 0 unspecified atom stereocenters. The Morgan fingerprint density at radius 2 is 1.79 bits per heavy atom. The van der Waals surface area contributed by atoms with Crippen LogP contribution in [-0.2, 0) is 9.84 Å². The van der Waals surface area contributed by atoms with E-state index in [0.29, 0.717) is 5.82 Å². The van der Waals surface area contributed by atoms with E-state index in [1.165, 1.54) is 30.5 Å². The predicted molar refractivity (Wildman–Crippen MR) is 87.5 cm³/mol. The molecule has 122 valence electrons. The van der Waals surface area contributed by atoms with Crippen molar-refractivity contribution < 1.29 is 17.6 Å². The van der Waals surface area contributed by atoms with E-state index in [4.69, 9.17) is 4.42 Å². The van der Waals surface area contributed by atoms with Crippen LogP contribution in [0.15, 0.2) is 75.2 Å². The molecule has 0 saturated heterocycles. The molecule has 0 saturated carbocycles. The second-order valence-corrected chi connectivity index (χ2v) is 6.98. The van der Waals surface area contributed by atoms with Gasteiger partial charge < -0.3 is 9.73 Å². The Balaban J connectivity index is 1.84. The smallest absolute Gasteiger partial charge is 0.292 e. The molecule has 7 heteroatoms. The van der Waals surface area contributed by atoms with Gasteiger partial charge in [-0.1, -0.05) is 23.8 Å². The fourth-order valence-electron chi connectivity index (χ4n) is 2.03. The number of amides is 1. The zero-order valence-corrected chi connectivity index (χ0v) is 13.6. The summed E-state index contributed by atoms with van der Waals surface area (Å²) in [6.45, 7) is 1.86. The molecule has 0 radical (unpaired) electrons. The van der Waals surface area contributed by atoms with E-state index in [0.717, 1.165) is 5.56 Å². The molecule has 0 aliphatic rings. The number of hydrogen-bond donors (Lipinski definition) is 1. The highest BCUT2D eigenvalue weighted by atomic mass is 32.2. The maximum absolute atomic E-state index is 12.5. The fourth-order valence-corrected chi connectivity index (χ4v) is 3.21. The van der Waals surface area contributed by atoms with Crippen molar-refractivity contribution in [3.63, 3.8) is 0 Å². The lowest BCUT2D eigenvalue weighted by Crippen LogP contribution is -2.11. The van der Waals surface area contributed by atoms with Crippen LogP contribution in [-0.4, -0.2) is 19.3 Å². The normalized spacial score (nSPS) is 11.2. The van der Waals surface area contributed by atoms with E-state index in [1.54, 1.807) is 30.3 Å². The highest BCUT2D eigenvalue weighted by Crippen LogP contribution is 2.23. The van der Waals surface area contributed by atoms with E-state index in [9.17, 15) is 13.2 Å². The van der Waals surface area contributed by atoms with Crippen molar-refractivity contribution in [3.05, 3.63) is 72.1 Å². The molecule has 6 nitrogen and oxygen atoms in total. The van der Waals surface area contributed by atoms with Crippen molar-refractivity contribution >= 4 is 21.6 Å². The number of furan rings is 1. The Morgan fingerprint density at radius 3 is 2.46 bits per heavy atom. The quantitative estimate of drug-likeness (QED) is 0.787. The highest BCUT2D eigenvalue weighted by Gasteiger charge is 2.23. The van der Waals surface area contributed by atoms with Crippen LogP contribution >= 0.6 is 0 Å². The molecule has 3 rings (SSSR count). The first-order valence-electron chi connectivity index (χ1n) is 7.11. The zero-order valence-electron chi connectivity index (χ0n) is 12.8. The van der Waals surface area contributed by atoms with Crippen LogP contribution in [0.3, 0.4) is 0 Å². The summed E-state index contributed by atoms with van der Waals surface area (Å²) in [5.41, 5.74) is 0.948. The van der Waals surface area contributed by atoms with Gasteiger partial charge in [-0.15, -0.1) is 0 Å². The van der Waals surface area contributed by atoms with Gasteiger partial charge in [0.15, 0.2) is 5.76 Å². The second-order valence-electron chi connectivity index (χ2n) is 5.10. The zero-order chi connectivity index (χ0) is 17.2. The first kappa shape index (κ1) is 15.9. The average Bonchev–Trinajstić information content (AvgIpc) is 3.07. The Hall–Kier alpha value is -2.93. The summed E-state index contributed by atoms with van der Waals surface area (Å²) >= 11 is 0. The Morgan fingerprint density at radius 1 is 1.04 bits per heavy atom. The standard InChI is InChI=1S/C17H14N2O4S/c1-12-5-7-13(8-6-12)24(21,22)16-10-9-14(23-16)17(20)19-15-4-2-3-11-18-15/h2-11H,1H3,(H,18,19,20). The maximum Gasteiger partial charge on any atom is 0.292 e. The maximum atomic E-state index is 12.5. The number of carbonyl (C=O) groups is 1. The number of anilines is 1. The summed E-state index contributed by atoms with van der Waals surface area (Å²) in [7, 11) is -3.80. The van der Waals surface area contributed by atoms with Crippen molar-refractivity contribution in [2.45, 2.75) is 16.9 Å². The van der Waals surface area contributed by atoms with E-state index in [1.807, 2.05) is 6.92 Å². The van der Waals surface area contributed by atoms with Crippen LogP contribution in [0.4, 0.5) is 5.82 Å². The van der Waals surface area contributed by atoms with Crippen LogP contribution in [0.1, 0.15) is 16.1 Å². The number of sulfone groups is 1. The average molecular weight is 342 g/mol. The highest BCUT2D eigenvalue weighted by molar-refractivity contribution is 7.91. The van der Waals surface area contributed by atoms with Crippen molar-refractivity contribution in [3.8, 4) is 0 Å². The minimum absolute atomic E-state index is 0.105. The molecule has 0 bridgehead atoms. The van der Waals surface area contributed by atoms with E-state index in [-0.39, 0.29) is 15.7 Å². The SMILES string of the molecule is Cc1ccc(S(=O)(=O)c2ccc(C(=O)Nc3ccccn3)o2)cc1. The van der Waals surface area contributed by atoms with E-state index >= 15 is 0 Å². The van der Waals surface area contributed by atoms with Gasteiger partial charge in [-0.3, -0.25) is 4.79 Å². The summed E-state index contributed by atoms with van der Waals surface area (Å²) in [4.78, 5) is 16.2. The Kier molecular flexibility index (Phi) is 4.18. The summed E-state index contributed by atoms with van der Waals surface area (Å²) in [6.07, 6.45) is 1.53. The van der Waals surface area contributed by atoms with Crippen LogP contribution in [0, 0.1) is 6.92 Å². The van der Waals surface area contributed by atoms with Gasteiger partial charge in [-0.25, -0.2) is 13.4 Å². The Bertz CT molecular complexity index is 961. The number of nitrogens with zero attached hydrogens (tertiary/aromatic N) is 1. The van der Waals surface area contributed by atoms with Gasteiger partial charge in [-0.2, -0.15) is 0 Å². The molecular formula is C17H14N2O4S. The molecule has 2 heterocycles. The molecule has 3 aromatic rings. The third-order valence-corrected chi connectivity index (χ3v) is 4.95. The molecule has 0 atom stereocenters. The number of hydrogen-bond acceptors (Lipinski definition) is 5. The van der Waals surface area contributed by atoms with E-state index in [2.05, 4.69) is 10.3 Å². The van der Waals surface area contributed by atoms with Gasteiger partial charge >= 0.3 is 0 Å². The first-order chi connectivity index (χ1) is 11.5. The van der Waals surface area contributed by atoms with Gasteiger partial charge in [0.25, 0.3) is 5.91 Å². The molecule has 1 N–H and O–H groups in total. The van der Waals surface area contributed by atoms with Crippen molar-refractivity contribution in [1.29, 1.82) is 0 Å². The Labute approximate surface area is 139 Å². The molecule has 0 spiro atoms. The molecule has 24 heavy (non-hydrogen) atoms. The minimum atomic E-state index is -3.80. The lowest BCUT2D eigenvalue weighted by Gasteiger charge is -2.03. The number of benzene rings is 1. The molecule has 1 aromatic carbocycles. The summed E-state index contributed by atoms with van der Waals surface area (Å²) in [5, 5.41) is 2.25. The molecule has 0 aliphatic carbocycles. The van der Waals surface area contributed by atoms with Crippen LogP contribution in [0.25, 0.3) is 0 Å². The molecule has 0 aliphatic heterocycles. The third-order valence-electron chi connectivity index (χ3n) is 3.31. The number of aromatic nitrogens is 1. The summed E-state index contributed by atoms with van der Waals surface area (Å²) < 4.78 is 30.2. The molecule has 0 fully saturated rings. The van der Waals surface area contributed by atoms with Crippen molar-refractivity contribution in [1.82, 2.24) is 4.98 Å². The molecular weight excluding hydrogens is 328 g/mol. The van der Waals surface area contributed by atoms with Crippen molar-refractivity contribution in [2.75, 3.05) is 5.32 Å². The van der Waals surface area contributed by atoms with Gasteiger partial charge in [0, 0.05) is 6.20 Å². The summed E-state index contributed by atoms with van der Waals surface area (Å²) in [5.74, 6) is -0.327. The van der Waals surface area contributed by atoms with Gasteiger partial charge in [0.2, 0.25) is 14.9 Å². The predicted octanol–water partition coefficient (Wildman–Crippen LogP) is 3.07. The van der Waals surface area contributed by atoms with Crippen LogP contribution in [0.2, 0.25) is 0 Å².